The van der Waals surface area contributed by atoms with Crippen LogP contribution in [0.5, 0.6) is 0 Å². The van der Waals surface area contributed by atoms with Gasteiger partial charge in [-0.2, -0.15) is 0 Å². The van der Waals surface area contributed by atoms with Crippen LogP contribution in [0.15, 0.2) is 0 Å². The minimum absolute atomic E-state index is 0.0339. The average Bonchev–Trinajstić information content (AvgIpc) is 2.62. The molecular formula is C14H24N2O3. The summed E-state index contributed by atoms with van der Waals surface area (Å²) in [7, 11) is 0. The summed E-state index contributed by atoms with van der Waals surface area (Å²) in [4.78, 5) is 25.8. The fourth-order valence-electron chi connectivity index (χ4n) is 3.03. The van der Waals surface area contributed by atoms with Gasteiger partial charge in [-0.05, 0) is 50.9 Å². The zero-order chi connectivity index (χ0) is 13.9. The molecule has 0 bridgehead atoms. The predicted octanol–water partition coefficient (Wildman–Crippen LogP) is 1.65. The van der Waals surface area contributed by atoms with Crippen LogP contribution in [-0.2, 0) is 4.79 Å². The quantitative estimate of drug-likeness (QED) is 0.588. The fraction of sp³-hybridized carbons (Fsp3) is 0.857. The highest BCUT2D eigenvalue weighted by atomic mass is 16.3. The molecule has 5 nitrogen and oxygen atoms in total. The molecule has 5 heteroatoms. The van der Waals surface area contributed by atoms with Gasteiger partial charge in [0.1, 0.15) is 5.54 Å². The molecule has 2 aliphatic rings. The van der Waals surface area contributed by atoms with Crippen molar-refractivity contribution in [2.75, 3.05) is 13.2 Å². The molecule has 0 radical (unpaired) electrons. The summed E-state index contributed by atoms with van der Waals surface area (Å²) < 4.78 is 0. The van der Waals surface area contributed by atoms with E-state index in [9.17, 15) is 9.59 Å². The summed E-state index contributed by atoms with van der Waals surface area (Å²) in [6.45, 7) is 2.84. The molecule has 0 aromatic carbocycles. The van der Waals surface area contributed by atoms with Crippen molar-refractivity contribution in [2.45, 2.75) is 57.4 Å². The van der Waals surface area contributed by atoms with Crippen LogP contribution in [-0.4, -0.2) is 40.6 Å². The van der Waals surface area contributed by atoms with Gasteiger partial charge in [-0.15, -0.1) is 0 Å². The zero-order valence-corrected chi connectivity index (χ0v) is 11.7. The molecule has 1 heterocycles. The van der Waals surface area contributed by atoms with Crippen molar-refractivity contribution in [2.24, 2.45) is 5.92 Å². The van der Waals surface area contributed by atoms with Crippen molar-refractivity contribution >= 4 is 11.9 Å². The highest BCUT2D eigenvalue weighted by molar-refractivity contribution is 6.07. The third kappa shape index (κ3) is 2.91. The number of aliphatic hydroxyl groups is 1. The molecule has 1 aliphatic heterocycles. The number of hydrogen-bond donors (Lipinski definition) is 2. The first-order chi connectivity index (χ1) is 9.09. The Labute approximate surface area is 114 Å². The van der Waals surface area contributed by atoms with Crippen molar-refractivity contribution in [3.8, 4) is 0 Å². The third-order valence-corrected chi connectivity index (χ3v) is 4.41. The monoisotopic (exact) mass is 268 g/mol. The highest BCUT2D eigenvalue weighted by Crippen LogP contribution is 2.36. The average molecular weight is 268 g/mol. The lowest BCUT2D eigenvalue weighted by atomic mass is 9.77. The maximum absolute atomic E-state index is 12.5. The van der Waals surface area contributed by atoms with Crippen molar-refractivity contribution in [1.82, 2.24) is 10.2 Å². The molecule has 2 N–H and O–H groups in total. The first-order valence-corrected chi connectivity index (χ1v) is 7.34. The lowest BCUT2D eigenvalue weighted by Gasteiger charge is -2.33. The molecule has 19 heavy (non-hydrogen) atoms. The van der Waals surface area contributed by atoms with Gasteiger partial charge in [0.05, 0.1) is 0 Å². The number of aliphatic hydroxyl groups excluding tert-OH is 1. The summed E-state index contributed by atoms with van der Waals surface area (Å²) in [5.41, 5.74) is -0.611. The number of imide groups is 1. The van der Waals surface area contributed by atoms with E-state index < -0.39 is 5.54 Å². The van der Waals surface area contributed by atoms with Gasteiger partial charge in [-0.1, -0.05) is 6.92 Å². The van der Waals surface area contributed by atoms with Crippen LogP contribution in [0.2, 0.25) is 0 Å². The molecule has 1 aliphatic carbocycles. The summed E-state index contributed by atoms with van der Waals surface area (Å²) in [6, 6.07) is -0.233. The summed E-state index contributed by atoms with van der Waals surface area (Å²) in [5, 5.41) is 11.6. The molecule has 0 unspecified atom stereocenters. The molecule has 1 spiro atoms. The Hall–Kier alpha value is -1.10. The topological polar surface area (TPSA) is 69.6 Å². The van der Waals surface area contributed by atoms with Crippen LogP contribution < -0.4 is 5.32 Å². The van der Waals surface area contributed by atoms with Crippen molar-refractivity contribution in [3.05, 3.63) is 0 Å². The number of hydrogen-bond acceptors (Lipinski definition) is 3. The Kier molecular flexibility index (Phi) is 4.45. The second-order valence-corrected chi connectivity index (χ2v) is 5.94. The molecule has 0 aromatic heterocycles. The Bertz CT molecular complexity index is 349. The van der Waals surface area contributed by atoms with E-state index in [0.717, 1.165) is 44.9 Å². The molecule has 108 valence electrons. The van der Waals surface area contributed by atoms with E-state index in [-0.39, 0.29) is 18.5 Å². The van der Waals surface area contributed by atoms with Gasteiger partial charge in [0, 0.05) is 13.2 Å². The van der Waals surface area contributed by atoms with E-state index in [1.807, 2.05) is 0 Å². The molecule has 1 saturated heterocycles. The summed E-state index contributed by atoms with van der Waals surface area (Å²) >= 11 is 0. The Morgan fingerprint density at radius 2 is 1.95 bits per heavy atom. The van der Waals surface area contributed by atoms with Crippen molar-refractivity contribution in [3.63, 3.8) is 0 Å². The molecule has 3 amide bonds. The minimum Gasteiger partial charge on any atom is -0.396 e. The zero-order valence-electron chi connectivity index (χ0n) is 11.7. The summed E-state index contributed by atoms with van der Waals surface area (Å²) in [5.74, 6) is 0.613. The van der Waals surface area contributed by atoms with Gasteiger partial charge >= 0.3 is 6.03 Å². The number of nitrogens with one attached hydrogen (secondary N) is 1. The van der Waals surface area contributed by atoms with E-state index in [1.54, 1.807) is 0 Å². The van der Waals surface area contributed by atoms with E-state index >= 15 is 0 Å². The molecule has 2 fully saturated rings. The van der Waals surface area contributed by atoms with Crippen LogP contribution in [0.25, 0.3) is 0 Å². The van der Waals surface area contributed by atoms with Gasteiger partial charge in [0.15, 0.2) is 0 Å². The lowest BCUT2D eigenvalue weighted by molar-refractivity contribution is -0.132. The molecule has 2 rings (SSSR count). The number of unbranched alkanes of at least 4 members (excludes halogenated alkanes) is 2. The molecule has 0 aromatic rings. The number of amides is 3. The van der Waals surface area contributed by atoms with Crippen LogP contribution in [0.1, 0.15) is 51.9 Å². The van der Waals surface area contributed by atoms with Crippen molar-refractivity contribution < 1.29 is 14.7 Å². The van der Waals surface area contributed by atoms with E-state index in [1.165, 1.54) is 4.90 Å². The molecular weight excluding hydrogens is 244 g/mol. The Balaban J connectivity index is 1.92. The van der Waals surface area contributed by atoms with Gasteiger partial charge in [-0.3, -0.25) is 9.69 Å². The van der Waals surface area contributed by atoms with E-state index in [0.29, 0.717) is 12.5 Å². The maximum Gasteiger partial charge on any atom is 0.325 e. The number of nitrogens with zero attached hydrogens (tertiary/aromatic N) is 1. The first kappa shape index (κ1) is 14.3. The fourth-order valence-corrected chi connectivity index (χ4v) is 3.03. The number of carbonyl (C=O) groups excluding carboxylic acids is 2. The first-order valence-electron chi connectivity index (χ1n) is 7.34. The van der Waals surface area contributed by atoms with E-state index in [2.05, 4.69) is 12.2 Å². The minimum atomic E-state index is -0.611. The normalized spacial score (nSPS) is 31.1. The van der Waals surface area contributed by atoms with Crippen molar-refractivity contribution in [1.29, 1.82) is 0 Å². The SMILES string of the molecule is CC1CCC2(CC1)NC(=O)N(CCCCCO)C2=O. The third-order valence-electron chi connectivity index (χ3n) is 4.41. The van der Waals surface area contributed by atoms with Crippen LogP contribution in [0.4, 0.5) is 4.79 Å². The standard InChI is InChI=1S/C14H24N2O3/c1-11-5-7-14(8-6-11)12(18)16(13(19)15-14)9-3-2-4-10-17/h11,17H,2-10H2,1H3,(H,15,19). The second kappa shape index (κ2) is 5.90. The van der Waals surface area contributed by atoms with Gasteiger partial charge < -0.3 is 10.4 Å². The number of rotatable bonds is 5. The van der Waals surface area contributed by atoms with Crippen LogP contribution in [0.3, 0.4) is 0 Å². The van der Waals surface area contributed by atoms with Crippen LogP contribution in [0, 0.1) is 5.92 Å². The largest absolute Gasteiger partial charge is 0.396 e. The lowest BCUT2D eigenvalue weighted by Crippen LogP contribution is -2.49. The smallest absolute Gasteiger partial charge is 0.325 e. The van der Waals surface area contributed by atoms with Crippen LogP contribution >= 0.6 is 0 Å². The number of carbonyl (C=O) groups is 2. The van der Waals surface area contributed by atoms with Gasteiger partial charge in [0.2, 0.25) is 0 Å². The maximum atomic E-state index is 12.5. The van der Waals surface area contributed by atoms with Gasteiger partial charge in [0.25, 0.3) is 5.91 Å². The highest BCUT2D eigenvalue weighted by Gasteiger charge is 2.51. The predicted molar refractivity (Wildman–Crippen MR) is 71.5 cm³/mol. The summed E-state index contributed by atoms with van der Waals surface area (Å²) in [6.07, 6.45) is 5.89. The Morgan fingerprint density at radius 1 is 1.26 bits per heavy atom. The second-order valence-electron chi connectivity index (χ2n) is 5.94. The van der Waals surface area contributed by atoms with E-state index in [4.69, 9.17) is 5.11 Å². The Morgan fingerprint density at radius 3 is 2.58 bits per heavy atom. The molecule has 1 saturated carbocycles. The number of urea groups is 1. The molecule has 0 atom stereocenters. The van der Waals surface area contributed by atoms with Gasteiger partial charge in [-0.25, -0.2) is 4.79 Å².